The van der Waals surface area contributed by atoms with Crippen LogP contribution >= 0.6 is 27.7 Å². The third kappa shape index (κ3) is 3.54. The van der Waals surface area contributed by atoms with Crippen molar-refractivity contribution < 1.29 is 4.79 Å². The molecule has 1 N–H and O–H groups in total. The molecule has 1 aromatic carbocycles. The molecule has 0 aliphatic rings. The summed E-state index contributed by atoms with van der Waals surface area (Å²) in [6.07, 6.45) is 3.45. The highest BCUT2D eigenvalue weighted by Gasteiger charge is 2.13. The molecule has 0 saturated carbocycles. The molecule has 1 heterocycles. The van der Waals surface area contributed by atoms with Gasteiger partial charge in [-0.15, -0.1) is 0 Å². The first kappa shape index (κ1) is 14.0. The Bertz CT molecular complexity index is 619. The zero-order chi connectivity index (χ0) is 13.8. The van der Waals surface area contributed by atoms with Crippen molar-refractivity contribution in [3.8, 4) is 0 Å². The topological polar surface area (TPSA) is 54.9 Å². The SMILES string of the molecule is CSc1ncc(Br)c(C(=O)Nc2cccc(C)c2)n1. The van der Waals surface area contributed by atoms with E-state index in [4.69, 9.17) is 0 Å². The lowest BCUT2D eigenvalue weighted by molar-refractivity contribution is 0.102. The zero-order valence-electron chi connectivity index (χ0n) is 10.5. The Morgan fingerprint density at radius 1 is 1.42 bits per heavy atom. The normalized spacial score (nSPS) is 10.3. The minimum absolute atomic E-state index is 0.254. The molecule has 0 spiro atoms. The van der Waals surface area contributed by atoms with E-state index in [2.05, 4.69) is 31.2 Å². The number of hydrogen-bond donors (Lipinski definition) is 1. The van der Waals surface area contributed by atoms with Crippen molar-refractivity contribution in [2.45, 2.75) is 12.1 Å². The lowest BCUT2D eigenvalue weighted by atomic mass is 10.2. The fourth-order valence-electron chi connectivity index (χ4n) is 1.52. The van der Waals surface area contributed by atoms with Crippen molar-refractivity contribution in [2.24, 2.45) is 0 Å². The Labute approximate surface area is 124 Å². The van der Waals surface area contributed by atoms with Crippen LogP contribution in [-0.2, 0) is 0 Å². The maximum atomic E-state index is 12.2. The average molecular weight is 338 g/mol. The van der Waals surface area contributed by atoms with Gasteiger partial charge in [0.2, 0.25) is 0 Å². The van der Waals surface area contributed by atoms with Crippen LogP contribution in [0.25, 0.3) is 0 Å². The summed E-state index contributed by atoms with van der Waals surface area (Å²) in [6, 6.07) is 7.62. The number of rotatable bonds is 3. The average Bonchev–Trinajstić information content (AvgIpc) is 2.39. The van der Waals surface area contributed by atoms with Crippen molar-refractivity contribution in [1.29, 1.82) is 0 Å². The molecule has 0 aliphatic heterocycles. The summed E-state index contributed by atoms with van der Waals surface area (Å²) in [5.41, 5.74) is 2.17. The molecule has 0 aliphatic carbocycles. The van der Waals surface area contributed by atoms with Gasteiger partial charge in [0.15, 0.2) is 5.16 Å². The van der Waals surface area contributed by atoms with E-state index in [9.17, 15) is 4.79 Å². The minimum Gasteiger partial charge on any atom is -0.321 e. The van der Waals surface area contributed by atoms with E-state index < -0.39 is 0 Å². The van der Waals surface area contributed by atoms with E-state index in [-0.39, 0.29) is 5.91 Å². The van der Waals surface area contributed by atoms with Crippen LogP contribution in [0.2, 0.25) is 0 Å². The molecule has 0 unspecified atom stereocenters. The number of nitrogens with one attached hydrogen (secondary N) is 1. The summed E-state index contributed by atoms with van der Waals surface area (Å²) >= 11 is 4.69. The second-order valence-electron chi connectivity index (χ2n) is 3.88. The van der Waals surface area contributed by atoms with Gasteiger partial charge in [0.1, 0.15) is 5.69 Å². The Hall–Kier alpha value is -1.40. The Kier molecular flexibility index (Phi) is 4.55. The molecule has 0 fully saturated rings. The van der Waals surface area contributed by atoms with Gasteiger partial charge in [0.05, 0.1) is 4.47 Å². The Morgan fingerprint density at radius 3 is 2.89 bits per heavy atom. The standard InChI is InChI=1S/C13H12BrN3OS/c1-8-4-3-5-9(6-8)16-12(18)11-10(14)7-15-13(17-11)19-2/h3-7H,1-2H3,(H,16,18). The first-order chi connectivity index (χ1) is 9.10. The number of aryl methyl sites for hydroxylation is 1. The number of benzene rings is 1. The summed E-state index contributed by atoms with van der Waals surface area (Å²) in [5, 5.41) is 3.39. The van der Waals surface area contributed by atoms with E-state index in [1.165, 1.54) is 11.8 Å². The highest BCUT2D eigenvalue weighted by molar-refractivity contribution is 9.10. The van der Waals surface area contributed by atoms with Gasteiger partial charge in [-0.3, -0.25) is 4.79 Å². The number of aromatic nitrogens is 2. The molecule has 0 bridgehead atoms. The van der Waals surface area contributed by atoms with Crippen LogP contribution in [0.5, 0.6) is 0 Å². The number of hydrogen-bond acceptors (Lipinski definition) is 4. The zero-order valence-corrected chi connectivity index (χ0v) is 12.9. The van der Waals surface area contributed by atoms with Crippen molar-refractivity contribution in [1.82, 2.24) is 9.97 Å². The van der Waals surface area contributed by atoms with Crippen LogP contribution in [0.1, 0.15) is 16.1 Å². The number of thioether (sulfide) groups is 1. The fraction of sp³-hybridized carbons (Fsp3) is 0.154. The van der Waals surface area contributed by atoms with E-state index in [1.54, 1.807) is 6.20 Å². The van der Waals surface area contributed by atoms with Gasteiger partial charge < -0.3 is 5.32 Å². The Balaban J connectivity index is 2.25. The molecule has 2 rings (SSSR count). The van der Waals surface area contributed by atoms with Crippen LogP contribution in [0, 0.1) is 6.92 Å². The molecule has 4 nitrogen and oxygen atoms in total. The van der Waals surface area contributed by atoms with E-state index in [1.807, 2.05) is 37.4 Å². The quantitative estimate of drug-likeness (QED) is 0.687. The smallest absolute Gasteiger partial charge is 0.275 e. The predicted octanol–water partition coefficient (Wildman–Crippen LogP) is 3.52. The molecule has 2 aromatic rings. The highest BCUT2D eigenvalue weighted by Crippen LogP contribution is 2.19. The Morgan fingerprint density at radius 2 is 2.21 bits per heavy atom. The van der Waals surface area contributed by atoms with Gasteiger partial charge >= 0.3 is 0 Å². The van der Waals surface area contributed by atoms with E-state index in [0.717, 1.165) is 11.3 Å². The van der Waals surface area contributed by atoms with Gasteiger partial charge in [-0.05, 0) is 46.8 Å². The number of carbonyl (C=O) groups is 1. The summed E-state index contributed by atoms with van der Waals surface area (Å²) < 4.78 is 0.579. The largest absolute Gasteiger partial charge is 0.321 e. The maximum absolute atomic E-state index is 12.2. The number of halogens is 1. The second-order valence-corrected chi connectivity index (χ2v) is 5.50. The molecule has 1 amide bonds. The molecule has 19 heavy (non-hydrogen) atoms. The predicted molar refractivity (Wildman–Crippen MR) is 80.6 cm³/mol. The van der Waals surface area contributed by atoms with Gasteiger partial charge in [-0.1, -0.05) is 23.9 Å². The monoisotopic (exact) mass is 337 g/mol. The number of anilines is 1. The fourth-order valence-corrected chi connectivity index (χ4v) is 2.23. The van der Waals surface area contributed by atoms with Gasteiger partial charge in [-0.2, -0.15) is 0 Å². The van der Waals surface area contributed by atoms with Gasteiger partial charge in [-0.25, -0.2) is 9.97 Å². The van der Waals surface area contributed by atoms with Crippen LogP contribution in [0.4, 0.5) is 5.69 Å². The summed E-state index contributed by atoms with van der Waals surface area (Å²) in [7, 11) is 0. The van der Waals surface area contributed by atoms with Crippen LogP contribution in [0.3, 0.4) is 0 Å². The van der Waals surface area contributed by atoms with Gasteiger partial charge in [0, 0.05) is 11.9 Å². The third-order valence-electron chi connectivity index (χ3n) is 2.40. The van der Waals surface area contributed by atoms with Crippen LogP contribution in [0.15, 0.2) is 40.1 Å². The summed E-state index contributed by atoms with van der Waals surface area (Å²) in [4.78, 5) is 20.5. The van der Waals surface area contributed by atoms with Gasteiger partial charge in [0.25, 0.3) is 5.91 Å². The van der Waals surface area contributed by atoms with Crippen LogP contribution in [-0.4, -0.2) is 22.1 Å². The van der Waals surface area contributed by atoms with E-state index in [0.29, 0.717) is 15.3 Å². The van der Waals surface area contributed by atoms with Crippen molar-refractivity contribution in [3.05, 3.63) is 46.2 Å². The van der Waals surface area contributed by atoms with Crippen molar-refractivity contribution in [3.63, 3.8) is 0 Å². The number of amides is 1. The molecule has 98 valence electrons. The van der Waals surface area contributed by atoms with Crippen molar-refractivity contribution >= 4 is 39.3 Å². The molecule has 0 atom stereocenters. The molecule has 0 radical (unpaired) electrons. The summed E-state index contributed by atoms with van der Waals surface area (Å²) in [6.45, 7) is 1.97. The summed E-state index contributed by atoms with van der Waals surface area (Å²) in [5.74, 6) is -0.254. The maximum Gasteiger partial charge on any atom is 0.275 e. The first-order valence-corrected chi connectivity index (χ1v) is 7.56. The number of nitrogens with zero attached hydrogens (tertiary/aromatic N) is 2. The third-order valence-corrected chi connectivity index (χ3v) is 3.54. The van der Waals surface area contributed by atoms with Crippen molar-refractivity contribution in [2.75, 3.05) is 11.6 Å². The minimum atomic E-state index is -0.254. The molecular formula is C13H12BrN3OS. The number of carbonyl (C=O) groups excluding carboxylic acids is 1. The lowest BCUT2D eigenvalue weighted by Gasteiger charge is -2.07. The van der Waals surface area contributed by atoms with Crippen LogP contribution < -0.4 is 5.32 Å². The first-order valence-electron chi connectivity index (χ1n) is 5.54. The molecule has 6 heteroatoms. The molecule has 0 saturated heterocycles. The highest BCUT2D eigenvalue weighted by atomic mass is 79.9. The second kappa shape index (κ2) is 6.16. The van der Waals surface area contributed by atoms with E-state index >= 15 is 0 Å². The molecule has 1 aromatic heterocycles. The molecular weight excluding hydrogens is 326 g/mol. The lowest BCUT2D eigenvalue weighted by Crippen LogP contribution is -2.15.